The first kappa shape index (κ1) is 14.5. The molecule has 1 aliphatic rings. The predicted molar refractivity (Wildman–Crippen MR) is 81.8 cm³/mol. The largest absolute Gasteiger partial charge is 0.324 e. The van der Waals surface area contributed by atoms with Crippen molar-refractivity contribution in [2.75, 3.05) is 11.5 Å². The van der Waals surface area contributed by atoms with Gasteiger partial charge in [-0.05, 0) is 26.3 Å². The van der Waals surface area contributed by atoms with Crippen molar-refractivity contribution in [1.82, 2.24) is 19.9 Å². The van der Waals surface area contributed by atoms with Gasteiger partial charge in [-0.2, -0.15) is 0 Å². The first-order valence-corrected chi connectivity index (χ1v) is 9.03. The van der Waals surface area contributed by atoms with Gasteiger partial charge in [-0.1, -0.05) is 0 Å². The molecule has 0 aliphatic carbocycles. The number of nitrogens with one attached hydrogen (secondary N) is 1. The van der Waals surface area contributed by atoms with E-state index >= 15 is 0 Å². The average Bonchev–Trinajstić information content (AvgIpc) is 2.95. The summed E-state index contributed by atoms with van der Waals surface area (Å²) in [6.07, 6.45) is 4.22. The molecule has 0 aromatic carbocycles. The lowest BCUT2D eigenvalue weighted by Gasteiger charge is -2.15. The van der Waals surface area contributed by atoms with Crippen LogP contribution < -0.4 is 5.32 Å². The SMILES string of the molecule is CC(C)n1c(CNC2CCS(=O)(=O)C2)nc2cnccc21. The van der Waals surface area contributed by atoms with Crippen molar-refractivity contribution in [2.24, 2.45) is 0 Å². The fraction of sp³-hybridized carbons (Fsp3) is 0.571. The Labute approximate surface area is 124 Å². The van der Waals surface area contributed by atoms with Crippen molar-refractivity contribution in [1.29, 1.82) is 0 Å². The van der Waals surface area contributed by atoms with E-state index in [0.29, 0.717) is 19.0 Å². The minimum atomic E-state index is -2.85. The maximum absolute atomic E-state index is 11.5. The summed E-state index contributed by atoms with van der Waals surface area (Å²) < 4.78 is 25.2. The van der Waals surface area contributed by atoms with Gasteiger partial charge in [0.25, 0.3) is 0 Å². The van der Waals surface area contributed by atoms with Gasteiger partial charge in [0, 0.05) is 18.3 Å². The molecule has 2 aromatic heterocycles. The van der Waals surface area contributed by atoms with Gasteiger partial charge in [-0.15, -0.1) is 0 Å². The van der Waals surface area contributed by atoms with Crippen molar-refractivity contribution < 1.29 is 8.42 Å². The van der Waals surface area contributed by atoms with E-state index in [1.165, 1.54) is 0 Å². The fourth-order valence-corrected chi connectivity index (χ4v) is 4.60. The molecule has 2 aromatic rings. The Bertz CT molecular complexity index is 751. The maximum Gasteiger partial charge on any atom is 0.151 e. The second kappa shape index (κ2) is 5.38. The molecule has 3 rings (SSSR count). The highest BCUT2D eigenvalue weighted by atomic mass is 32.2. The van der Waals surface area contributed by atoms with Gasteiger partial charge in [-0.25, -0.2) is 13.4 Å². The zero-order chi connectivity index (χ0) is 15.0. The molecule has 114 valence electrons. The minimum Gasteiger partial charge on any atom is -0.324 e. The van der Waals surface area contributed by atoms with Crippen LogP contribution in [0.4, 0.5) is 0 Å². The summed E-state index contributed by atoms with van der Waals surface area (Å²) in [7, 11) is -2.85. The van der Waals surface area contributed by atoms with Crippen LogP contribution in [0.1, 0.15) is 32.1 Å². The van der Waals surface area contributed by atoms with Crippen molar-refractivity contribution >= 4 is 20.9 Å². The van der Waals surface area contributed by atoms with Gasteiger partial charge in [0.2, 0.25) is 0 Å². The number of sulfone groups is 1. The van der Waals surface area contributed by atoms with Crippen LogP contribution in [0.15, 0.2) is 18.5 Å². The Balaban J connectivity index is 1.82. The van der Waals surface area contributed by atoms with Crippen LogP contribution in [0.2, 0.25) is 0 Å². The van der Waals surface area contributed by atoms with E-state index in [1.807, 2.05) is 6.07 Å². The summed E-state index contributed by atoms with van der Waals surface area (Å²) in [5.74, 6) is 1.45. The molecule has 0 saturated carbocycles. The van der Waals surface area contributed by atoms with Gasteiger partial charge in [-0.3, -0.25) is 4.98 Å². The number of nitrogens with zero attached hydrogens (tertiary/aromatic N) is 3. The maximum atomic E-state index is 11.5. The number of pyridine rings is 1. The van der Waals surface area contributed by atoms with Crippen molar-refractivity contribution in [3.8, 4) is 0 Å². The number of fused-ring (bicyclic) bond motifs is 1. The summed E-state index contributed by atoms with van der Waals surface area (Å²) in [6.45, 7) is 4.81. The molecular formula is C14H20N4O2S. The Morgan fingerprint density at radius 1 is 1.48 bits per heavy atom. The van der Waals surface area contributed by atoms with E-state index < -0.39 is 9.84 Å². The highest BCUT2D eigenvalue weighted by Crippen LogP contribution is 2.20. The average molecular weight is 308 g/mol. The van der Waals surface area contributed by atoms with Gasteiger partial charge in [0.15, 0.2) is 9.84 Å². The van der Waals surface area contributed by atoms with Crippen molar-refractivity contribution in [3.63, 3.8) is 0 Å². The fourth-order valence-electron chi connectivity index (χ4n) is 2.89. The molecule has 7 heteroatoms. The van der Waals surface area contributed by atoms with E-state index in [2.05, 4.69) is 33.7 Å². The lowest BCUT2D eigenvalue weighted by molar-refractivity contribution is 0.508. The first-order valence-electron chi connectivity index (χ1n) is 7.21. The molecule has 1 fully saturated rings. The van der Waals surface area contributed by atoms with E-state index in [1.54, 1.807) is 12.4 Å². The Morgan fingerprint density at radius 3 is 2.95 bits per heavy atom. The molecule has 1 saturated heterocycles. The van der Waals surface area contributed by atoms with Crippen LogP contribution in [0.5, 0.6) is 0 Å². The van der Waals surface area contributed by atoms with Crippen LogP contribution >= 0.6 is 0 Å². The number of rotatable bonds is 4. The topological polar surface area (TPSA) is 76.9 Å². The van der Waals surface area contributed by atoms with Gasteiger partial charge in [0.1, 0.15) is 11.3 Å². The molecule has 0 spiro atoms. The number of hydrogen-bond donors (Lipinski definition) is 1. The van der Waals surface area contributed by atoms with E-state index in [-0.39, 0.29) is 17.5 Å². The van der Waals surface area contributed by atoms with Crippen LogP contribution in [0.3, 0.4) is 0 Å². The van der Waals surface area contributed by atoms with Crippen molar-refractivity contribution in [2.45, 2.75) is 38.9 Å². The molecule has 3 heterocycles. The number of imidazole rings is 1. The summed E-state index contributed by atoms with van der Waals surface area (Å²) in [4.78, 5) is 8.73. The first-order chi connectivity index (χ1) is 9.96. The van der Waals surface area contributed by atoms with Gasteiger partial charge in [0.05, 0.1) is 29.8 Å². The standard InChI is InChI=1S/C14H20N4O2S/c1-10(2)18-13-3-5-15-7-12(13)17-14(18)8-16-11-4-6-21(19,20)9-11/h3,5,7,10-11,16H,4,6,8-9H2,1-2H3. The summed E-state index contributed by atoms with van der Waals surface area (Å²) >= 11 is 0. The molecule has 1 aliphatic heterocycles. The lowest BCUT2D eigenvalue weighted by atomic mass is 10.2. The number of hydrogen-bond acceptors (Lipinski definition) is 5. The summed E-state index contributed by atoms with van der Waals surface area (Å²) in [5.41, 5.74) is 1.94. The lowest BCUT2D eigenvalue weighted by Crippen LogP contribution is -2.30. The molecule has 21 heavy (non-hydrogen) atoms. The summed E-state index contributed by atoms with van der Waals surface area (Å²) in [5, 5.41) is 3.33. The Hall–Kier alpha value is -1.47. The molecule has 1 N–H and O–H groups in total. The zero-order valence-corrected chi connectivity index (χ0v) is 13.1. The van der Waals surface area contributed by atoms with Crippen LogP contribution in [-0.4, -0.2) is 40.5 Å². The molecule has 0 bridgehead atoms. The highest BCUT2D eigenvalue weighted by molar-refractivity contribution is 7.91. The van der Waals surface area contributed by atoms with Gasteiger partial charge >= 0.3 is 0 Å². The minimum absolute atomic E-state index is 0.0357. The molecule has 0 radical (unpaired) electrons. The van der Waals surface area contributed by atoms with Crippen LogP contribution in [0, 0.1) is 0 Å². The molecule has 0 amide bonds. The number of aromatic nitrogens is 3. The Morgan fingerprint density at radius 2 is 2.29 bits per heavy atom. The van der Waals surface area contributed by atoms with Crippen LogP contribution in [0.25, 0.3) is 11.0 Å². The normalized spacial score (nSPS) is 21.4. The van der Waals surface area contributed by atoms with E-state index in [9.17, 15) is 8.42 Å². The van der Waals surface area contributed by atoms with E-state index in [0.717, 1.165) is 16.9 Å². The zero-order valence-electron chi connectivity index (χ0n) is 12.3. The Kier molecular flexibility index (Phi) is 3.71. The monoisotopic (exact) mass is 308 g/mol. The molecule has 6 nitrogen and oxygen atoms in total. The summed E-state index contributed by atoms with van der Waals surface area (Å²) in [6, 6.07) is 2.29. The third kappa shape index (κ3) is 2.94. The van der Waals surface area contributed by atoms with Crippen molar-refractivity contribution in [3.05, 3.63) is 24.3 Å². The molecular weight excluding hydrogens is 288 g/mol. The molecule has 1 unspecified atom stereocenters. The van der Waals surface area contributed by atoms with Crippen LogP contribution in [-0.2, 0) is 16.4 Å². The highest BCUT2D eigenvalue weighted by Gasteiger charge is 2.27. The third-order valence-electron chi connectivity index (χ3n) is 3.86. The second-order valence-corrected chi connectivity index (χ2v) is 8.07. The smallest absolute Gasteiger partial charge is 0.151 e. The second-order valence-electron chi connectivity index (χ2n) is 5.84. The third-order valence-corrected chi connectivity index (χ3v) is 5.63. The van der Waals surface area contributed by atoms with Gasteiger partial charge < -0.3 is 9.88 Å². The quantitative estimate of drug-likeness (QED) is 0.921. The van der Waals surface area contributed by atoms with E-state index in [4.69, 9.17) is 0 Å². The predicted octanol–water partition coefficient (Wildman–Crippen LogP) is 1.29. The molecule has 1 atom stereocenters.